The van der Waals surface area contributed by atoms with E-state index in [0.717, 1.165) is 6.07 Å². The first kappa shape index (κ1) is 14.9. The number of esters is 1. The lowest BCUT2D eigenvalue weighted by Crippen LogP contribution is -2.45. The molecule has 0 aliphatic carbocycles. The molecule has 0 saturated carbocycles. The average molecular weight is 269 g/mol. The molecular weight excluding hydrogens is 253 g/mol. The van der Waals surface area contributed by atoms with Gasteiger partial charge in [0.15, 0.2) is 0 Å². The van der Waals surface area contributed by atoms with Crippen molar-refractivity contribution in [1.82, 2.24) is 5.32 Å². The predicted octanol–water partition coefficient (Wildman–Crippen LogP) is 1.46. The molecule has 0 heterocycles. The van der Waals surface area contributed by atoms with Gasteiger partial charge in [0.1, 0.15) is 23.2 Å². The number of nitrogens with one attached hydrogen (secondary N) is 1. The maximum absolute atomic E-state index is 13.5. The van der Waals surface area contributed by atoms with Crippen LogP contribution < -0.4 is 5.32 Å². The Hall–Kier alpha value is -2.11. The van der Waals surface area contributed by atoms with E-state index in [1.54, 1.807) is 13.8 Å². The van der Waals surface area contributed by atoms with Gasteiger partial charge in [-0.25, -0.2) is 9.18 Å². The molecule has 1 rings (SSSR count). The highest BCUT2D eigenvalue weighted by molar-refractivity contribution is 5.99. The SMILES string of the molecule is COC(=O)C(NC(=O)c1c(O)cccc1F)C(C)C. The molecule has 6 heteroatoms. The first-order valence-corrected chi connectivity index (χ1v) is 5.74. The van der Waals surface area contributed by atoms with Crippen LogP contribution in [0, 0.1) is 11.7 Å². The van der Waals surface area contributed by atoms with E-state index in [2.05, 4.69) is 10.1 Å². The molecule has 2 N–H and O–H groups in total. The number of hydrogen-bond donors (Lipinski definition) is 2. The van der Waals surface area contributed by atoms with Crippen molar-refractivity contribution in [3.05, 3.63) is 29.6 Å². The summed E-state index contributed by atoms with van der Waals surface area (Å²) in [6, 6.07) is 2.62. The van der Waals surface area contributed by atoms with Crippen molar-refractivity contribution < 1.29 is 23.8 Å². The van der Waals surface area contributed by atoms with E-state index in [4.69, 9.17) is 0 Å². The summed E-state index contributed by atoms with van der Waals surface area (Å²) in [6.07, 6.45) is 0. The van der Waals surface area contributed by atoms with Crippen LogP contribution >= 0.6 is 0 Å². The summed E-state index contributed by atoms with van der Waals surface area (Å²) in [5.74, 6) is -3.06. The van der Waals surface area contributed by atoms with Gasteiger partial charge in [0, 0.05) is 0 Å². The van der Waals surface area contributed by atoms with Crippen LogP contribution in [0.3, 0.4) is 0 Å². The monoisotopic (exact) mass is 269 g/mol. The molecule has 0 spiro atoms. The van der Waals surface area contributed by atoms with Gasteiger partial charge in [-0.3, -0.25) is 4.79 Å². The number of aromatic hydroxyl groups is 1. The molecule has 0 fully saturated rings. The number of methoxy groups -OCH3 is 1. The summed E-state index contributed by atoms with van der Waals surface area (Å²) in [6.45, 7) is 3.42. The third kappa shape index (κ3) is 3.43. The predicted molar refractivity (Wildman–Crippen MR) is 66.2 cm³/mol. The highest BCUT2D eigenvalue weighted by Crippen LogP contribution is 2.20. The number of phenols is 1. The second-order valence-electron chi connectivity index (χ2n) is 4.35. The molecule has 19 heavy (non-hydrogen) atoms. The topological polar surface area (TPSA) is 75.6 Å². The molecule has 1 amide bonds. The van der Waals surface area contributed by atoms with Gasteiger partial charge in [-0.2, -0.15) is 0 Å². The van der Waals surface area contributed by atoms with Crippen LogP contribution in [-0.4, -0.2) is 30.1 Å². The summed E-state index contributed by atoms with van der Waals surface area (Å²) in [5.41, 5.74) is -0.489. The average Bonchev–Trinajstić information content (AvgIpc) is 2.34. The molecule has 1 unspecified atom stereocenters. The van der Waals surface area contributed by atoms with Gasteiger partial charge in [-0.1, -0.05) is 19.9 Å². The van der Waals surface area contributed by atoms with Crippen LogP contribution in [0.4, 0.5) is 4.39 Å². The summed E-state index contributed by atoms with van der Waals surface area (Å²) in [5, 5.41) is 11.8. The summed E-state index contributed by atoms with van der Waals surface area (Å²) in [4.78, 5) is 23.4. The van der Waals surface area contributed by atoms with E-state index in [1.807, 2.05) is 0 Å². The highest BCUT2D eigenvalue weighted by Gasteiger charge is 2.27. The summed E-state index contributed by atoms with van der Waals surface area (Å²) in [7, 11) is 1.20. The fourth-order valence-electron chi connectivity index (χ4n) is 1.58. The third-order valence-corrected chi connectivity index (χ3v) is 2.63. The smallest absolute Gasteiger partial charge is 0.328 e. The van der Waals surface area contributed by atoms with Crippen LogP contribution in [-0.2, 0) is 9.53 Å². The van der Waals surface area contributed by atoms with Gasteiger partial charge in [0.2, 0.25) is 0 Å². The van der Waals surface area contributed by atoms with E-state index < -0.39 is 35.0 Å². The van der Waals surface area contributed by atoms with Gasteiger partial charge in [-0.05, 0) is 18.1 Å². The number of hydrogen-bond acceptors (Lipinski definition) is 4. The van der Waals surface area contributed by atoms with Gasteiger partial charge in [0.25, 0.3) is 5.91 Å². The number of phenolic OH excluding ortho intramolecular Hbond substituents is 1. The number of benzene rings is 1. The van der Waals surface area contributed by atoms with E-state index >= 15 is 0 Å². The Bertz CT molecular complexity index is 467. The normalized spacial score (nSPS) is 12.1. The molecule has 0 radical (unpaired) electrons. The first-order chi connectivity index (χ1) is 8.88. The zero-order valence-corrected chi connectivity index (χ0v) is 10.9. The van der Waals surface area contributed by atoms with Crippen molar-refractivity contribution in [3.63, 3.8) is 0 Å². The van der Waals surface area contributed by atoms with Gasteiger partial charge in [-0.15, -0.1) is 0 Å². The Balaban J connectivity index is 2.98. The van der Waals surface area contributed by atoms with Crippen LogP contribution in [0.25, 0.3) is 0 Å². The zero-order valence-electron chi connectivity index (χ0n) is 10.9. The minimum atomic E-state index is -0.906. The minimum absolute atomic E-state index is 0.231. The van der Waals surface area contributed by atoms with Gasteiger partial charge >= 0.3 is 5.97 Å². The van der Waals surface area contributed by atoms with Crippen molar-refractivity contribution in [2.75, 3.05) is 7.11 Å². The number of carbonyl (C=O) groups is 2. The zero-order chi connectivity index (χ0) is 14.6. The fraction of sp³-hybridized carbons (Fsp3) is 0.385. The van der Waals surface area contributed by atoms with Gasteiger partial charge in [0.05, 0.1) is 7.11 Å². The van der Waals surface area contributed by atoms with Crippen molar-refractivity contribution >= 4 is 11.9 Å². The Morgan fingerprint density at radius 2 is 2.00 bits per heavy atom. The second-order valence-corrected chi connectivity index (χ2v) is 4.35. The number of rotatable bonds is 4. The van der Waals surface area contributed by atoms with E-state index in [1.165, 1.54) is 19.2 Å². The first-order valence-electron chi connectivity index (χ1n) is 5.74. The fourth-order valence-corrected chi connectivity index (χ4v) is 1.58. The maximum Gasteiger partial charge on any atom is 0.328 e. The van der Waals surface area contributed by atoms with Crippen LogP contribution in [0.2, 0.25) is 0 Å². The quantitative estimate of drug-likeness (QED) is 0.811. The largest absolute Gasteiger partial charge is 0.507 e. The highest BCUT2D eigenvalue weighted by atomic mass is 19.1. The van der Waals surface area contributed by atoms with E-state index in [-0.39, 0.29) is 5.92 Å². The summed E-state index contributed by atoms with van der Waals surface area (Å²) < 4.78 is 18.1. The molecule has 5 nitrogen and oxygen atoms in total. The maximum atomic E-state index is 13.5. The van der Waals surface area contributed by atoms with Crippen molar-refractivity contribution in [1.29, 1.82) is 0 Å². The molecule has 0 aliphatic heterocycles. The molecule has 0 aromatic heterocycles. The third-order valence-electron chi connectivity index (χ3n) is 2.63. The second kappa shape index (κ2) is 6.17. The summed E-state index contributed by atoms with van der Waals surface area (Å²) >= 11 is 0. The molecule has 0 bridgehead atoms. The molecule has 1 atom stereocenters. The standard InChI is InChI=1S/C13H16FNO4/c1-7(2)11(13(18)19-3)15-12(17)10-8(14)5-4-6-9(10)16/h4-7,11,16H,1-3H3,(H,15,17). The van der Waals surface area contributed by atoms with Crippen molar-refractivity contribution in [2.24, 2.45) is 5.92 Å². The van der Waals surface area contributed by atoms with E-state index in [0.29, 0.717) is 0 Å². The van der Waals surface area contributed by atoms with Gasteiger partial charge < -0.3 is 15.2 Å². The molecule has 1 aromatic carbocycles. The Morgan fingerprint density at radius 3 is 2.47 bits per heavy atom. The molecule has 0 saturated heterocycles. The minimum Gasteiger partial charge on any atom is -0.507 e. The number of amides is 1. The van der Waals surface area contributed by atoms with Crippen molar-refractivity contribution in [2.45, 2.75) is 19.9 Å². The van der Waals surface area contributed by atoms with Crippen LogP contribution in [0.1, 0.15) is 24.2 Å². The lowest BCUT2D eigenvalue weighted by molar-refractivity contribution is -0.144. The van der Waals surface area contributed by atoms with Crippen LogP contribution in [0.5, 0.6) is 5.75 Å². The number of halogens is 1. The van der Waals surface area contributed by atoms with Crippen LogP contribution in [0.15, 0.2) is 18.2 Å². The molecule has 1 aromatic rings. The lowest BCUT2D eigenvalue weighted by atomic mass is 10.0. The molecule has 104 valence electrons. The number of carbonyl (C=O) groups excluding carboxylic acids is 2. The Morgan fingerprint density at radius 1 is 1.37 bits per heavy atom. The molecule has 0 aliphatic rings. The Labute approximate surface area is 110 Å². The molecular formula is C13H16FNO4. The van der Waals surface area contributed by atoms with Crippen molar-refractivity contribution in [3.8, 4) is 5.75 Å². The Kier molecular flexibility index (Phi) is 4.86. The lowest BCUT2D eigenvalue weighted by Gasteiger charge is -2.20. The van der Waals surface area contributed by atoms with E-state index in [9.17, 15) is 19.1 Å². The number of ether oxygens (including phenoxy) is 1.